The first-order chi connectivity index (χ1) is 18.4. The zero-order valence-corrected chi connectivity index (χ0v) is 23.3. The number of para-hydroxylation sites is 1. The van der Waals surface area contributed by atoms with Crippen LogP contribution in [-0.4, -0.2) is 43.0 Å². The van der Waals surface area contributed by atoms with Gasteiger partial charge in [0.2, 0.25) is 5.91 Å². The van der Waals surface area contributed by atoms with E-state index in [1.54, 1.807) is 17.8 Å². The van der Waals surface area contributed by atoms with Crippen LogP contribution in [0.25, 0.3) is 0 Å². The number of aryl methyl sites for hydroxylation is 1. The van der Waals surface area contributed by atoms with Crippen molar-refractivity contribution in [1.29, 1.82) is 0 Å². The summed E-state index contributed by atoms with van der Waals surface area (Å²) in [5.74, 6) is 1.13. The summed E-state index contributed by atoms with van der Waals surface area (Å²) in [5.41, 5.74) is 3.62. The van der Waals surface area contributed by atoms with E-state index in [0.717, 1.165) is 48.0 Å². The van der Waals surface area contributed by atoms with Crippen LogP contribution in [0.1, 0.15) is 48.2 Å². The largest absolute Gasteiger partial charge is 0.494 e. The number of piperidine rings is 1. The lowest BCUT2D eigenvalue weighted by atomic mass is 9.96. The molecule has 1 saturated heterocycles. The van der Waals surface area contributed by atoms with E-state index in [0.29, 0.717) is 30.3 Å². The molecule has 6 nitrogen and oxygen atoms in total. The second-order valence-electron chi connectivity index (χ2n) is 9.78. The van der Waals surface area contributed by atoms with Crippen molar-refractivity contribution >= 4 is 29.3 Å². The lowest BCUT2D eigenvalue weighted by molar-refractivity contribution is -0.114. The summed E-state index contributed by atoms with van der Waals surface area (Å²) in [6.45, 7) is 9.74. The van der Waals surface area contributed by atoms with Crippen LogP contribution in [-0.2, 0) is 11.3 Å². The van der Waals surface area contributed by atoms with Crippen LogP contribution in [0.15, 0.2) is 76.5 Å². The second kappa shape index (κ2) is 13.5. The van der Waals surface area contributed by atoms with Gasteiger partial charge in [0.15, 0.2) is 0 Å². The van der Waals surface area contributed by atoms with Gasteiger partial charge in [0.1, 0.15) is 5.75 Å². The summed E-state index contributed by atoms with van der Waals surface area (Å²) in [6.07, 6.45) is 2.08. The van der Waals surface area contributed by atoms with Gasteiger partial charge in [-0.1, -0.05) is 47.7 Å². The van der Waals surface area contributed by atoms with Gasteiger partial charge in [-0.15, -0.1) is 0 Å². The van der Waals surface area contributed by atoms with Crippen LogP contribution in [0.2, 0.25) is 0 Å². The number of anilines is 1. The average molecular weight is 532 g/mol. The first kappa shape index (κ1) is 27.7. The molecule has 0 atom stereocenters. The molecule has 1 aliphatic rings. The van der Waals surface area contributed by atoms with E-state index < -0.39 is 0 Å². The third kappa shape index (κ3) is 7.85. The van der Waals surface area contributed by atoms with Gasteiger partial charge in [0.25, 0.3) is 5.91 Å². The Labute approximate surface area is 230 Å². The van der Waals surface area contributed by atoms with Gasteiger partial charge in [-0.3, -0.25) is 14.5 Å². The number of likely N-dealkylation sites (tertiary alicyclic amines) is 1. The maximum atomic E-state index is 13.0. The maximum Gasteiger partial charge on any atom is 0.251 e. The van der Waals surface area contributed by atoms with Gasteiger partial charge >= 0.3 is 0 Å². The van der Waals surface area contributed by atoms with Crippen LogP contribution in [0.5, 0.6) is 5.75 Å². The highest BCUT2D eigenvalue weighted by Crippen LogP contribution is 2.34. The maximum absolute atomic E-state index is 13.0. The molecule has 3 aromatic carbocycles. The van der Waals surface area contributed by atoms with Crippen LogP contribution >= 0.6 is 11.8 Å². The zero-order valence-electron chi connectivity index (χ0n) is 22.5. The predicted octanol–water partition coefficient (Wildman–Crippen LogP) is 6.15. The fraction of sp³-hybridized carbons (Fsp3) is 0.355. The minimum absolute atomic E-state index is 0.114. The Kier molecular flexibility index (Phi) is 9.85. The number of nitrogens with zero attached hydrogens (tertiary/aromatic N) is 1. The van der Waals surface area contributed by atoms with E-state index in [2.05, 4.69) is 58.9 Å². The Morgan fingerprint density at radius 2 is 1.76 bits per heavy atom. The molecule has 7 heteroatoms. The highest BCUT2D eigenvalue weighted by atomic mass is 32.2. The Hall–Kier alpha value is -3.29. The van der Waals surface area contributed by atoms with E-state index in [1.165, 1.54) is 18.1 Å². The fourth-order valence-electron chi connectivity index (χ4n) is 4.64. The summed E-state index contributed by atoms with van der Waals surface area (Å²) in [7, 11) is 0. The third-order valence-electron chi connectivity index (χ3n) is 6.73. The molecule has 4 rings (SSSR count). The normalized spacial score (nSPS) is 14.2. The summed E-state index contributed by atoms with van der Waals surface area (Å²) in [6, 6.07) is 22.0. The SMILES string of the molecule is CCOc1ccccc1CN1CCC(CNC(=O)c2ccc(Sc3ccc(C)cc3)c(NC(C)=O)c2)CC1. The van der Waals surface area contributed by atoms with E-state index in [4.69, 9.17) is 4.74 Å². The number of hydrogen-bond acceptors (Lipinski definition) is 5. The number of nitrogens with one attached hydrogen (secondary N) is 2. The van der Waals surface area contributed by atoms with Crippen molar-refractivity contribution in [2.75, 3.05) is 31.6 Å². The highest BCUT2D eigenvalue weighted by molar-refractivity contribution is 7.99. The number of rotatable bonds is 10. The first-order valence-corrected chi connectivity index (χ1v) is 14.1. The quantitative estimate of drug-likeness (QED) is 0.329. The van der Waals surface area contributed by atoms with Gasteiger partial charge in [-0.05, 0) is 82.1 Å². The Morgan fingerprint density at radius 3 is 2.47 bits per heavy atom. The Balaban J connectivity index is 1.31. The molecule has 0 aromatic heterocycles. The molecular formula is C31H37N3O3S. The summed E-state index contributed by atoms with van der Waals surface area (Å²) < 4.78 is 5.78. The second-order valence-corrected chi connectivity index (χ2v) is 10.9. The van der Waals surface area contributed by atoms with Gasteiger partial charge in [0.05, 0.1) is 12.3 Å². The summed E-state index contributed by atoms with van der Waals surface area (Å²) in [4.78, 5) is 29.3. The van der Waals surface area contributed by atoms with Crippen molar-refractivity contribution in [1.82, 2.24) is 10.2 Å². The van der Waals surface area contributed by atoms with Crippen molar-refractivity contribution in [3.63, 3.8) is 0 Å². The number of carbonyl (C=O) groups is 2. The standard InChI is InChI=1S/C31H37N3O3S/c1-4-37-29-8-6-5-7-26(29)21-34-17-15-24(16-18-34)20-32-31(36)25-11-14-30(28(19-25)33-23(3)35)38-27-12-9-22(2)10-13-27/h5-14,19,24H,4,15-18,20-21H2,1-3H3,(H,32,36)(H,33,35). The summed E-state index contributed by atoms with van der Waals surface area (Å²) in [5, 5.41) is 6.01. The minimum atomic E-state index is -0.163. The highest BCUT2D eigenvalue weighted by Gasteiger charge is 2.21. The molecule has 3 aromatic rings. The smallest absolute Gasteiger partial charge is 0.251 e. The minimum Gasteiger partial charge on any atom is -0.494 e. The molecule has 0 bridgehead atoms. The molecular weight excluding hydrogens is 494 g/mol. The summed E-state index contributed by atoms with van der Waals surface area (Å²) >= 11 is 1.57. The van der Waals surface area contributed by atoms with Crippen molar-refractivity contribution in [3.8, 4) is 5.75 Å². The van der Waals surface area contributed by atoms with Crippen molar-refractivity contribution in [2.45, 2.75) is 49.9 Å². The molecule has 0 saturated carbocycles. The van der Waals surface area contributed by atoms with Crippen LogP contribution in [0.3, 0.4) is 0 Å². The van der Waals surface area contributed by atoms with Crippen LogP contribution in [0.4, 0.5) is 5.69 Å². The topological polar surface area (TPSA) is 70.7 Å². The number of benzene rings is 3. The Bertz CT molecular complexity index is 1240. The molecule has 200 valence electrons. The van der Waals surface area contributed by atoms with E-state index >= 15 is 0 Å². The molecule has 2 amide bonds. The molecule has 1 heterocycles. The molecule has 0 spiro atoms. The van der Waals surface area contributed by atoms with Crippen molar-refractivity contribution < 1.29 is 14.3 Å². The van der Waals surface area contributed by atoms with Gasteiger partial charge in [-0.25, -0.2) is 0 Å². The Morgan fingerprint density at radius 1 is 1.03 bits per heavy atom. The van der Waals surface area contributed by atoms with Gasteiger partial charge < -0.3 is 15.4 Å². The molecule has 0 aliphatic carbocycles. The zero-order chi connectivity index (χ0) is 26.9. The number of ether oxygens (including phenoxy) is 1. The lowest BCUT2D eigenvalue weighted by Gasteiger charge is -2.32. The average Bonchev–Trinajstić information content (AvgIpc) is 2.91. The van der Waals surface area contributed by atoms with Gasteiger partial charge in [0, 0.05) is 40.9 Å². The molecule has 2 N–H and O–H groups in total. The number of amides is 2. The molecule has 1 fully saturated rings. The first-order valence-electron chi connectivity index (χ1n) is 13.3. The molecule has 0 unspecified atom stereocenters. The van der Waals surface area contributed by atoms with Crippen molar-refractivity contribution in [3.05, 3.63) is 83.4 Å². The van der Waals surface area contributed by atoms with E-state index in [1.807, 2.05) is 31.2 Å². The van der Waals surface area contributed by atoms with E-state index in [9.17, 15) is 9.59 Å². The monoisotopic (exact) mass is 531 g/mol. The molecule has 0 radical (unpaired) electrons. The lowest BCUT2D eigenvalue weighted by Crippen LogP contribution is -2.38. The predicted molar refractivity (Wildman–Crippen MR) is 154 cm³/mol. The van der Waals surface area contributed by atoms with E-state index in [-0.39, 0.29) is 11.8 Å². The van der Waals surface area contributed by atoms with Crippen LogP contribution < -0.4 is 15.4 Å². The van der Waals surface area contributed by atoms with Crippen molar-refractivity contribution in [2.24, 2.45) is 5.92 Å². The molecule has 1 aliphatic heterocycles. The van der Waals surface area contributed by atoms with Gasteiger partial charge in [-0.2, -0.15) is 0 Å². The fourth-order valence-corrected chi connectivity index (χ4v) is 5.52. The third-order valence-corrected chi connectivity index (χ3v) is 7.81. The molecule has 38 heavy (non-hydrogen) atoms. The number of hydrogen-bond donors (Lipinski definition) is 2. The number of carbonyl (C=O) groups excluding carboxylic acids is 2. The van der Waals surface area contributed by atoms with Crippen LogP contribution in [0, 0.1) is 12.8 Å².